The summed E-state index contributed by atoms with van der Waals surface area (Å²) in [6, 6.07) is 1.55. The summed E-state index contributed by atoms with van der Waals surface area (Å²) in [7, 11) is 1.84. The van der Waals surface area contributed by atoms with Crippen LogP contribution >= 0.6 is 0 Å². The Morgan fingerprint density at radius 2 is 1.95 bits per heavy atom. The van der Waals surface area contributed by atoms with Gasteiger partial charge in [0, 0.05) is 32.1 Å². The summed E-state index contributed by atoms with van der Waals surface area (Å²) in [5.41, 5.74) is 0. The highest BCUT2D eigenvalue weighted by molar-refractivity contribution is 5.84. The maximum atomic E-state index is 12.3. The molecule has 1 fully saturated rings. The smallest absolute Gasteiger partial charge is 0.244 e. The van der Waals surface area contributed by atoms with Crippen LogP contribution in [0.25, 0.3) is 0 Å². The molecular weight excluding hydrogens is 266 g/mol. The second kappa shape index (κ2) is 6.74. The van der Waals surface area contributed by atoms with Gasteiger partial charge < -0.3 is 15.5 Å². The number of rotatable bonds is 7. The third kappa shape index (κ3) is 3.83. The first-order valence-electron chi connectivity index (χ1n) is 7.71. The Balaban J connectivity index is 2.10. The van der Waals surface area contributed by atoms with Gasteiger partial charge in [0.1, 0.15) is 23.5 Å². The number of hydrogen-bond acceptors (Lipinski definition) is 5. The SMILES string of the molecule is CCN(CC)C(=O)C(C)Nc1cc(NC)nc(C2CC2)n1. The van der Waals surface area contributed by atoms with Crippen LogP contribution in [-0.2, 0) is 4.79 Å². The fourth-order valence-electron chi connectivity index (χ4n) is 2.28. The highest BCUT2D eigenvalue weighted by Crippen LogP contribution is 2.38. The minimum Gasteiger partial charge on any atom is -0.373 e. The van der Waals surface area contributed by atoms with Crippen LogP contribution in [0.2, 0.25) is 0 Å². The zero-order valence-corrected chi connectivity index (χ0v) is 13.3. The lowest BCUT2D eigenvalue weighted by atomic mass is 10.2. The molecule has 116 valence electrons. The molecule has 0 aromatic carbocycles. The Hall–Kier alpha value is -1.85. The van der Waals surface area contributed by atoms with Gasteiger partial charge in [-0.1, -0.05) is 0 Å². The third-order valence-electron chi connectivity index (χ3n) is 3.75. The normalized spacial score (nSPS) is 15.4. The number of nitrogens with one attached hydrogen (secondary N) is 2. The molecule has 1 aromatic heterocycles. The Labute approximate surface area is 126 Å². The minimum atomic E-state index is -0.295. The molecule has 6 heteroatoms. The van der Waals surface area contributed by atoms with Crippen LogP contribution in [0.1, 0.15) is 45.4 Å². The van der Waals surface area contributed by atoms with E-state index in [1.165, 1.54) is 0 Å². The first-order chi connectivity index (χ1) is 10.1. The van der Waals surface area contributed by atoms with Crippen LogP contribution in [0.5, 0.6) is 0 Å². The van der Waals surface area contributed by atoms with Gasteiger partial charge >= 0.3 is 0 Å². The molecule has 0 radical (unpaired) electrons. The molecule has 2 N–H and O–H groups in total. The summed E-state index contributed by atoms with van der Waals surface area (Å²) in [6.07, 6.45) is 2.31. The Morgan fingerprint density at radius 1 is 1.33 bits per heavy atom. The number of aromatic nitrogens is 2. The van der Waals surface area contributed by atoms with Crippen molar-refractivity contribution in [2.24, 2.45) is 0 Å². The summed E-state index contributed by atoms with van der Waals surface area (Å²) < 4.78 is 0. The van der Waals surface area contributed by atoms with Crippen LogP contribution in [0.3, 0.4) is 0 Å². The Bertz CT molecular complexity index is 497. The van der Waals surface area contributed by atoms with Gasteiger partial charge in [0.05, 0.1) is 0 Å². The number of likely N-dealkylation sites (N-methyl/N-ethyl adjacent to an activating group) is 1. The molecular formula is C15H25N5O. The van der Waals surface area contributed by atoms with Crippen LogP contribution in [0.4, 0.5) is 11.6 Å². The molecule has 0 saturated heterocycles. The van der Waals surface area contributed by atoms with Crippen molar-refractivity contribution in [1.82, 2.24) is 14.9 Å². The van der Waals surface area contributed by atoms with E-state index >= 15 is 0 Å². The van der Waals surface area contributed by atoms with Gasteiger partial charge in [0.2, 0.25) is 5.91 Å². The summed E-state index contributed by atoms with van der Waals surface area (Å²) in [5, 5.41) is 6.26. The molecule has 1 unspecified atom stereocenters. The van der Waals surface area contributed by atoms with Crippen LogP contribution in [-0.4, -0.2) is 47.0 Å². The quantitative estimate of drug-likeness (QED) is 0.804. The summed E-state index contributed by atoms with van der Waals surface area (Å²) in [4.78, 5) is 23.1. The van der Waals surface area contributed by atoms with Gasteiger partial charge in [-0.05, 0) is 33.6 Å². The average Bonchev–Trinajstić information content (AvgIpc) is 3.32. The molecule has 1 aliphatic carbocycles. The maximum absolute atomic E-state index is 12.3. The van der Waals surface area contributed by atoms with Gasteiger partial charge in [0.25, 0.3) is 0 Å². The van der Waals surface area contributed by atoms with E-state index in [0.29, 0.717) is 11.7 Å². The average molecular weight is 291 g/mol. The van der Waals surface area contributed by atoms with E-state index in [4.69, 9.17) is 0 Å². The van der Waals surface area contributed by atoms with E-state index in [-0.39, 0.29) is 11.9 Å². The van der Waals surface area contributed by atoms with Crippen molar-refractivity contribution in [3.8, 4) is 0 Å². The number of carbonyl (C=O) groups excluding carboxylic acids is 1. The number of anilines is 2. The molecule has 1 saturated carbocycles. The number of hydrogen-bond donors (Lipinski definition) is 2. The number of carbonyl (C=O) groups is 1. The van der Waals surface area contributed by atoms with Crippen molar-refractivity contribution in [3.05, 3.63) is 11.9 Å². The molecule has 0 spiro atoms. The lowest BCUT2D eigenvalue weighted by Crippen LogP contribution is -2.41. The Kier molecular flexibility index (Phi) is 4.98. The van der Waals surface area contributed by atoms with Crippen molar-refractivity contribution >= 4 is 17.5 Å². The van der Waals surface area contributed by atoms with Crippen molar-refractivity contribution in [3.63, 3.8) is 0 Å². The van der Waals surface area contributed by atoms with Crippen LogP contribution in [0, 0.1) is 0 Å². The largest absolute Gasteiger partial charge is 0.373 e. The van der Waals surface area contributed by atoms with Crippen LogP contribution < -0.4 is 10.6 Å². The molecule has 1 aliphatic rings. The fourth-order valence-corrected chi connectivity index (χ4v) is 2.28. The van der Waals surface area contributed by atoms with E-state index < -0.39 is 0 Å². The molecule has 21 heavy (non-hydrogen) atoms. The molecule has 2 rings (SSSR count). The van der Waals surface area contributed by atoms with E-state index in [1.807, 2.05) is 38.8 Å². The predicted molar refractivity (Wildman–Crippen MR) is 84.6 cm³/mol. The lowest BCUT2D eigenvalue weighted by Gasteiger charge is -2.24. The number of amides is 1. The molecule has 1 aromatic rings. The van der Waals surface area contributed by atoms with Crippen molar-refractivity contribution < 1.29 is 4.79 Å². The zero-order chi connectivity index (χ0) is 15.4. The van der Waals surface area contributed by atoms with E-state index in [0.717, 1.165) is 37.6 Å². The molecule has 0 bridgehead atoms. The van der Waals surface area contributed by atoms with Gasteiger partial charge in [0.15, 0.2) is 0 Å². The highest BCUT2D eigenvalue weighted by atomic mass is 16.2. The van der Waals surface area contributed by atoms with Gasteiger partial charge in [-0.3, -0.25) is 4.79 Å². The van der Waals surface area contributed by atoms with Gasteiger partial charge in [-0.15, -0.1) is 0 Å². The van der Waals surface area contributed by atoms with E-state index in [9.17, 15) is 4.79 Å². The van der Waals surface area contributed by atoms with E-state index in [2.05, 4.69) is 20.6 Å². The maximum Gasteiger partial charge on any atom is 0.244 e. The van der Waals surface area contributed by atoms with Crippen molar-refractivity contribution in [2.75, 3.05) is 30.8 Å². The second-order valence-corrected chi connectivity index (χ2v) is 5.40. The number of nitrogens with zero attached hydrogens (tertiary/aromatic N) is 3. The van der Waals surface area contributed by atoms with Crippen LogP contribution in [0.15, 0.2) is 6.07 Å². The molecule has 1 amide bonds. The highest BCUT2D eigenvalue weighted by Gasteiger charge is 2.28. The van der Waals surface area contributed by atoms with Gasteiger partial charge in [-0.25, -0.2) is 9.97 Å². The summed E-state index contributed by atoms with van der Waals surface area (Å²) in [5.74, 6) is 2.94. The molecule has 0 aliphatic heterocycles. The first kappa shape index (κ1) is 15.5. The van der Waals surface area contributed by atoms with Gasteiger partial charge in [-0.2, -0.15) is 0 Å². The molecule has 6 nitrogen and oxygen atoms in total. The minimum absolute atomic E-state index is 0.0950. The first-order valence-corrected chi connectivity index (χ1v) is 7.71. The topological polar surface area (TPSA) is 70.2 Å². The summed E-state index contributed by atoms with van der Waals surface area (Å²) in [6.45, 7) is 7.30. The lowest BCUT2D eigenvalue weighted by molar-refractivity contribution is -0.131. The third-order valence-corrected chi connectivity index (χ3v) is 3.75. The monoisotopic (exact) mass is 291 g/mol. The fraction of sp³-hybridized carbons (Fsp3) is 0.667. The Morgan fingerprint density at radius 3 is 2.48 bits per heavy atom. The second-order valence-electron chi connectivity index (χ2n) is 5.40. The molecule has 1 heterocycles. The standard InChI is InChI=1S/C15H25N5O/c1-5-20(6-2)15(21)10(3)17-13-9-12(16-4)18-14(19-13)11-7-8-11/h9-11H,5-8H2,1-4H3,(H2,16,17,18,19). The van der Waals surface area contributed by atoms with E-state index in [1.54, 1.807) is 0 Å². The predicted octanol–water partition coefficient (Wildman–Crippen LogP) is 2.06. The summed E-state index contributed by atoms with van der Waals surface area (Å²) >= 11 is 0. The van der Waals surface area contributed by atoms with Crippen molar-refractivity contribution in [1.29, 1.82) is 0 Å². The molecule has 1 atom stereocenters. The van der Waals surface area contributed by atoms with Crippen molar-refractivity contribution in [2.45, 2.75) is 45.6 Å². The zero-order valence-electron chi connectivity index (χ0n) is 13.3.